The van der Waals surface area contributed by atoms with E-state index in [9.17, 15) is 40.2 Å². The average molecular weight is 515 g/mol. The lowest BCUT2D eigenvalue weighted by Crippen LogP contribution is -2.34. The lowest BCUT2D eigenvalue weighted by molar-refractivity contribution is -0.276. The largest absolute Gasteiger partial charge is 0.573 e. The van der Waals surface area contributed by atoms with Crippen molar-refractivity contribution in [3.05, 3.63) is 23.8 Å². The summed E-state index contributed by atoms with van der Waals surface area (Å²) in [5.74, 6) is -2.74. The molecule has 0 fully saturated rings. The summed E-state index contributed by atoms with van der Waals surface area (Å²) in [6, 6.07) is 0.610. The monoisotopic (exact) mass is 515 g/mol. The van der Waals surface area contributed by atoms with Crippen molar-refractivity contribution < 1.29 is 64.3 Å². The molecule has 1 aliphatic heterocycles. The minimum absolute atomic E-state index is 0.249. The first-order valence-electron chi connectivity index (χ1n) is 9.61. The number of aliphatic hydroxyl groups is 2. The van der Waals surface area contributed by atoms with Gasteiger partial charge in [-0.15, -0.1) is 26.3 Å². The molecule has 3 unspecified atom stereocenters. The van der Waals surface area contributed by atoms with E-state index >= 15 is 0 Å². The lowest BCUT2D eigenvalue weighted by atomic mass is 10.0. The fourth-order valence-corrected chi connectivity index (χ4v) is 2.60. The van der Waals surface area contributed by atoms with Crippen molar-refractivity contribution in [2.45, 2.75) is 64.3 Å². The van der Waals surface area contributed by atoms with Gasteiger partial charge < -0.3 is 29.2 Å². The number of methoxy groups -OCH3 is 1. The zero-order valence-corrected chi connectivity index (χ0v) is 18.5. The van der Waals surface area contributed by atoms with Crippen LogP contribution in [0, 0.1) is 0 Å². The Labute approximate surface area is 189 Å². The van der Waals surface area contributed by atoms with Crippen LogP contribution in [0.25, 0.3) is 0 Å². The summed E-state index contributed by atoms with van der Waals surface area (Å²) in [5, 5.41) is 16.8. The topological polar surface area (TPSA) is 89.7 Å². The van der Waals surface area contributed by atoms with Gasteiger partial charge in [0, 0.05) is 38.7 Å². The van der Waals surface area contributed by atoms with Crippen LogP contribution >= 0.6 is 0 Å². The molecule has 0 aliphatic carbocycles. The molecule has 1 aliphatic rings. The van der Waals surface area contributed by atoms with Gasteiger partial charge in [0.1, 0.15) is 17.6 Å². The first-order chi connectivity index (χ1) is 15.8. The molecule has 34 heavy (non-hydrogen) atoms. The molecule has 0 bridgehead atoms. The minimum atomic E-state index is -5.23. The van der Waals surface area contributed by atoms with E-state index in [1.54, 1.807) is 0 Å². The fraction of sp³-hybridized carbons (Fsp3) is 0.632. The molecule has 1 aromatic rings. The Morgan fingerprint density at radius 1 is 1.00 bits per heavy atom. The van der Waals surface area contributed by atoms with Gasteiger partial charge in [0.05, 0.1) is 6.04 Å². The molecule has 0 radical (unpaired) electrons. The normalized spacial score (nSPS) is 19.0. The lowest BCUT2D eigenvalue weighted by Gasteiger charge is -2.28. The first kappa shape index (κ1) is 31.6. The third-order valence-electron chi connectivity index (χ3n) is 3.70. The van der Waals surface area contributed by atoms with Gasteiger partial charge in [-0.25, -0.2) is 13.8 Å². The smallest absolute Gasteiger partial charge is 0.448 e. The number of aliphatic hydroxyl groups excluding tert-OH is 2. The number of ether oxygens (including phenoxy) is 4. The number of nitrogens with zero attached hydrogens (tertiary/aromatic N) is 1. The molecule has 0 saturated carbocycles. The molecule has 0 saturated heterocycles. The summed E-state index contributed by atoms with van der Waals surface area (Å²) in [4.78, 5) is 3.90. The minimum Gasteiger partial charge on any atom is -0.448 e. The van der Waals surface area contributed by atoms with E-state index in [-0.39, 0.29) is 12.8 Å². The van der Waals surface area contributed by atoms with Gasteiger partial charge >= 0.3 is 12.7 Å². The molecule has 0 amide bonds. The molecule has 0 aromatic heterocycles. The van der Waals surface area contributed by atoms with Crippen molar-refractivity contribution in [1.29, 1.82) is 0 Å². The second kappa shape index (κ2) is 14.1. The molecule has 0 spiro atoms. The van der Waals surface area contributed by atoms with Crippen molar-refractivity contribution >= 4 is 5.90 Å². The third kappa shape index (κ3) is 11.7. The Hall–Kier alpha value is -2.39. The molecule has 15 heteroatoms. The molecule has 1 aromatic carbocycles. The predicted octanol–water partition coefficient (Wildman–Crippen LogP) is 4.64. The standard InChI is InChI=1S/C16H15F8NO5.C2H6.CH4O/c1-27-11(13(17)18)4-8-5-12(26)28-14(25-8)7-2-9(29-15(19,20)21)6-10(3-7)30-16(22,23)24;2*1-2/h2-3,6,8,11-13,26H,4-5H2,1H3;1-2H3;2H,1H3. The first-order valence-corrected chi connectivity index (χ1v) is 9.61. The van der Waals surface area contributed by atoms with Crippen LogP contribution in [0.3, 0.4) is 0 Å². The number of aliphatic imine (C=N–C) groups is 1. The number of alkyl halides is 8. The van der Waals surface area contributed by atoms with Gasteiger partial charge in [0.2, 0.25) is 12.2 Å². The molecule has 7 nitrogen and oxygen atoms in total. The highest BCUT2D eigenvalue weighted by molar-refractivity contribution is 5.95. The number of hydrogen-bond acceptors (Lipinski definition) is 7. The van der Waals surface area contributed by atoms with Gasteiger partial charge in [0.15, 0.2) is 0 Å². The fourth-order valence-electron chi connectivity index (χ4n) is 2.60. The number of halogens is 8. The maximum atomic E-state index is 12.9. The van der Waals surface area contributed by atoms with E-state index in [0.717, 1.165) is 14.2 Å². The number of rotatable bonds is 7. The van der Waals surface area contributed by atoms with Crippen LogP contribution in [-0.2, 0) is 9.47 Å². The van der Waals surface area contributed by atoms with Crippen LogP contribution in [0.5, 0.6) is 11.5 Å². The third-order valence-corrected chi connectivity index (χ3v) is 3.70. The summed E-state index contributed by atoms with van der Waals surface area (Å²) >= 11 is 0. The average Bonchev–Trinajstić information content (AvgIpc) is 2.71. The molecule has 3 atom stereocenters. The summed E-state index contributed by atoms with van der Waals surface area (Å²) in [6.07, 6.45) is -17.1. The second-order valence-electron chi connectivity index (χ2n) is 6.03. The van der Waals surface area contributed by atoms with Crippen molar-refractivity contribution in [3.8, 4) is 11.5 Å². The maximum Gasteiger partial charge on any atom is 0.573 e. The predicted molar refractivity (Wildman–Crippen MR) is 103 cm³/mol. The highest BCUT2D eigenvalue weighted by Gasteiger charge is 2.35. The SMILES string of the molecule is CC.CO.COC(CC1CC(O)OC(c2cc(OC(F)(F)F)cc(OC(F)(F)F)c2)=N1)C(F)F. The Bertz CT molecular complexity index is 723. The Morgan fingerprint density at radius 2 is 1.47 bits per heavy atom. The van der Waals surface area contributed by atoms with Gasteiger partial charge in [-0.1, -0.05) is 13.8 Å². The van der Waals surface area contributed by atoms with Crippen LogP contribution < -0.4 is 9.47 Å². The Morgan fingerprint density at radius 3 is 1.85 bits per heavy atom. The van der Waals surface area contributed by atoms with Gasteiger partial charge in [-0.3, -0.25) is 0 Å². The highest BCUT2D eigenvalue weighted by Crippen LogP contribution is 2.33. The summed E-state index contributed by atoms with van der Waals surface area (Å²) in [6.45, 7) is 4.00. The second-order valence-corrected chi connectivity index (χ2v) is 6.03. The number of hydrogen-bond donors (Lipinski definition) is 2. The van der Waals surface area contributed by atoms with E-state index in [2.05, 4.69) is 19.2 Å². The quantitative estimate of drug-likeness (QED) is 0.515. The molecular weight excluding hydrogens is 490 g/mol. The zero-order valence-electron chi connectivity index (χ0n) is 18.5. The Balaban J connectivity index is 0.00000258. The summed E-state index contributed by atoms with van der Waals surface area (Å²) in [7, 11) is 2.02. The number of benzene rings is 1. The molecule has 2 N–H and O–H groups in total. The summed E-state index contributed by atoms with van der Waals surface area (Å²) < 4.78 is 118. The maximum absolute atomic E-state index is 12.9. The van der Waals surface area contributed by atoms with Gasteiger partial charge in [-0.2, -0.15) is 0 Å². The van der Waals surface area contributed by atoms with Crippen LogP contribution in [0.15, 0.2) is 23.2 Å². The molecule has 198 valence electrons. The van der Waals surface area contributed by atoms with Crippen molar-refractivity contribution in [3.63, 3.8) is 0 Å². The van der Waals surface area contributed by atoms with Crippen LogP contribution in [-0.4, -0.2) is 67.9 Å². The van der Waals surface area contributed by atoms with E-state index in [4.69, 9.17) is 9.84 Å². The van der Waals surface area contributed by atoms with E-state index in [1.165, 1.54) is 0 Å². The van der Waals surface area contributed by atoms with Crippen LogP contribution in [0.1, 0.15) is 32.3 Å². The van der Waals surface area contributed by atoms with Gasteiger partial charge in [0.25, 0.3) is 6.43 Å². The molecule has 1 heterocycles. The Kier molecular flexibility index (Phi) is 13.1. The molecule has 2 rings (SSSR count). The van der Waals surface area contributed by atoms with Crippen molar-refractivity contribution in [1.82, 2.24) is 0 Å². The molecular formula is C19H25F8NO6. The summed E-state index contributed by atoms with van der Waals surface area (Å²) in [5.41, 5.74) is -0.467. The van der Waals surface area contributed by atoms with E-state index in [0.29, 0.717) is 18.2 Å². The van der Waals surface area contributed by atoms with Crippen molar-refractivity contribution in [2.75, 3.05) is 14.2 Å². The van der Waals surface area contributed by atoms with Crippen LogP contribution in [0.4, 0.5) is 35.1 Å². The van der Waals surface area contributed by atoms with E-state index in [1.807, 2.05) is 13.8 Å². The van der Waals surface area contributed by atoms with E-state index < -0.39 is 60.5 Å². The van der Waals surface area contributed by atoms with Crippen LogP contribution in [0.2, 0.25) is 0 Å². The highest BCUT2D eigenvalue weighted by atomic mass is 19.4. The van der Waals surface area contributed by atoms with Gasteiger partial charge in [-0.05, 0) is 12.1 Å². The zero-order chi connectivity index (χ0) is 26.7. The van der Waals surface area contributed by atoms with Crippen molar-refractivity contribution in [2.24, 2.45) is 4.99 Å².